The van der Waals surface area contributed by atoms with Crippen LogP contribution in [0.4, 0.5) is 4.39 Å². The van der Waals surface area contributed by atoms with Gasteiger partial charge in [-0.3, -0.25) is 0 Å². The number of rotatable bonds is 1. The fourth-order valence-corrected chi connectivity index (χ4v) is 3.62. The van der Waals surface area contributed by atoms with E-state index in [4.69, 9.17) is 4.98 Å². The summed E-state index contributed by atoms with van der Waals surface area (Å²) in [5.41, 5.74) is 5.35. The zero-order chi connectivity index (χ0) is 22.5. The number of nitrogens with zero attached hydrogens (tertiary/aromatic N) is 1. The zero-order valence-corrected chi connectivity index (χ0v) is 17.7. The second-order valence-corrected chi connectivity index (χ2v) is 7.47. The molecule has 0 aliphatic heterocycles. The van der Waals surface area contributed by atoms with E-state index in [9.17, 15) is 4.39 Å². The lowest BCUT2D eigenvalue weighted by Crippen LogP contribution is -1.97. The molecule has 5 rings (SSSR count). The van der Waals surface area contributed by atoms with Gasteiger partial charge < -0.3 is 0 Å². The predicted molar refractivity (Wildman–Crippen MR) is 132 cm³/mol. The average Bonchev–Trinajstić information content (AvgIpc) is 2.87. The van der Waals surface area contributed by atoms with E-state index < -0.39 is 0 Å². The lowest BCUT2D eigenvalue weighted by Gasteiger charge is -2.11. The van der Waals surface area contributed by atoms with E-state index in [2.05, 4.69) is 23.7 Å². The highest BCUT2D eigenvalue weighted by molar-refractivity contribution is 5.92. The maximum absolute atomic E-state index is 14.1. The van der Waals surface area contributed by atoms with Gasteiger partial charge in [0, 0.05) is 22.1 Å². The fraction of sp³-hybridized carbons (Fsp3) is 0. The number of para-hydroxylation sites is 1. The highest BCUT2D eigenvalue weighted by Gasteiger charge is 2.15. The third kappa shape index (κ3) is 4.52. The summed E-state index contributed by atoms with van der Waals surface area (Å²) in [6.07, 6.45) is 0. The fourth-order valence-electron chi connectivity index (χ4n) is 3.62. The lowest BCUT2D eigenvalue weighted by molar-refractivity contribution is 0.628. The standard InChI is InChI=1S/C31H18FN/c32-26-15-9-14-25(22-26)31-29(21-19-24-12-5-2-6-13-24)27(20-18-23-10-3-1-4-11-23)28-16-7-8-17-30(28)33-31/h1-17,22H. The van der Waals surface area contributed by atoms with Crippen LogP contribution in [0.5, 0.6) is 0 Å². The second-order valence-electron chi connectivity index (χ2n) is 7.47. The van der Waals surface area contributed by atoms with Crippen molar-refractivity contribution in [3.63, 3.8) is 0 Å². The van der Waals surface area contributed by atoms with Crippen LogP contribution in [0, 0.1) is 29.5 Å². The first kappa shape index (κ1) is 20.3. The van der Waals surface area contributed by atoms with E-state index in [-0.39, 0.29) is 5.82 Å². The van der Waals surface area contributed by atoms with Gasteiger partial charge in [0.25, 0.3) is 0 Å². The molecule has 1 nitrogen and oxygen atoms in total. The smallest absolute Gasteiger partial charge is 0.123 e. The van der Waals surface area contributed by atoms with Crippen LogP contribution in [0.15, 0.2) is 109 Å². The molecular formula is C31H18FN. The van der Waals surface area contributed by atoms with Crippen LogP contribution >= 0.6 is 0 Å². The van der Waals surface area contributed by atoms with Crippen LogP contribution in [0.1, 0.15) is 22.3 Å². The summed E-state index contributed by atoms with van der Waals surface area (Å²) in [7, 11) is 0. The number of hydrogen-bond acceptors (Lipinski definition) is 1. The minimum Gasteiger partial charge on any atom is -0.246 e. The molecule has 1 heterocycles. The van der Waals surface area contributed by atoms with Crippen molar-refractivity contribution in [1.29, 1.82) is 0 Å². The van der Waals surface area contributed by atoms with Crippen molar-refractivity contribution >= 4 is 10.9 Å². The Hall–Kier alpha value is -4.66. The van der Waals surface area contributed by atoms with Gasteiger partial charge in [0.05, 0.1) is 22.3 Å². The van der Waals surface area contributed by atoms with E-state index in [1.807, 2.05) is 91.0 Å². The quantitative estimate of drug-likeness (QED) is 0.269. The van der Waals surface area contributed by atoms with E-state index in [0.29, 0.717) is 16.8 Å². The Balaban J connectivity index is 1.82. The maximum atomic E-state index is 14.1. The summed E-state index contributed by atoms with van der Waals surface area (Å²) in [6, 6.07) is 33.9. The molecule has 0 aliphatic carbocycles. The Morgan fingerprint density at radius 2 is 1.15 bits per heavy atom. The second kappa shape index (κ2) is 9.23. The lowest BCUT2D eigenvalue weighted by atomic mass is 9.96. The van der Waals surface area contributed by atoms with Crippen LogP contribution < -0.4 is 0 Å². The summed E-state index contributed by atoms with van der Waals surface area (Å²) in [6.45, 7) is 0. The van der Waals surface area contributed by atoms with Crippen LogP contribution in [0.25, 0.3) is 22.2 Å². The minimum absolute atomic E-state index is 0.318. The van der Waals surface area contributed by atoms with Crippen molar-refractivity contribution < 1.29 is 4.39 Å². The van der Waals surface area contributed by atoms with Gasteiger partial charge in [0.1, 0.15) is 5.82 Å². The molecule has 33 heavy (non-hydrogen) atoms. The van der Waals surface area contributed by atoms with Crippen LogP contribution in [-0.2, 0) is 0 Å². The van der Waals surface area contributed by atoms with Gasteiger partial charge in [0.15, 0.2) is 0 Å². The first-order valence-corrected chi connectivity index (χ1v) is 10.6. The molecule has 0 fully saturated rings. The minimum atomic E-state index is -0.318. The van der Waals surface area contributed by atoms with E-state index in [0.717, 1.165) is 27.6 Å². The van der Waals surface area contributed by atoms with E-state index in [1.165, 1.54) is 12.1 Å². The third-order valence-corrected chi connectivity index (χ3v) is 5.20. The topological polar surface area (TPSA) is 12.9 Å². The van der Waals surface area contributed by atoms with E-state index in [1.54, 1.807) is 6.07 Å². The number of benzene rings is 4. The Kier molecular flexibility index (Phi) is 5.66. The van der Waals surface area contributed by atoms with Crippen LogP contribution in [0.3, 0.4) is 0 Å². The van der Waals surface area contributed by atoms with Gasteiger partial charge >= 0.3 is 0 Å². The van der Waals surface area contributed by atoms with Gasteiger partial charge in [-0.1, -0.05) is 90.4 Å². The summed E-state index contributed by atoms with van der Waals surface area (Å²) in [5.74, 6) is 12.8. The molecular weight excluding hydrogens is 405 g/mol. The maximum Gasteiger partial charge on any atom is 0.123 e. The van der Waals surface area contributed by atoms with Crippen molar-refractivity contribution in [3.05, 3.63) is 137 Å². The van der Waals surface area contributed by atoms with Crippen molar-refractivity contribution in [3.8, 4) is 34.9 Å². The Morgan fingerprint density at radius 3 is 1.82 bits per heavy atom. The normalized spacial score (nSPS) is 10.1. The van der Waals surface area contributed by atoms with Crippen molar-refractivity contribution in [2.45, 2.75) is 0 Å². The monoisotopic (exact) mass is 423 g/mol. The molecule has 0 atom stereocenters. The molecule has 0 unspecified atom stereocenters. The molecule has 1 aromatic heterocycles. The largest absolute Gasteiger partial charge is 0.246 e. The summed E-state index contributed by atoms with van der Waals surface area (Å²) in [4.78, 5) is 4.88. The average molecular weight is 423 g/mol. The van der Waals surface area contributed by atoms with E-state index >= 15 is 0 Å². The number of pyridine rings is 1. The van der Waals surface area contributed by atoms with Crippen LogP contribution in [0.2, 0.25) is 0 Å². The Morgan fingerprint density at radius 1 is 0.545 bits per heavy atom. The summed E-state index contributed by atoms with van der Waals surface area (Å²) in [5, 5.41) is 0.915. The Labute approximate surface area is 192 Å². The van der Waals surface area contributed by atoms with Gasteiger partial charge in [-0.15, -0.1) is 0 Å². The first-order chi connectivity index (χ1) is 16.3. The highest BCUT2D eigenvalue weighted by Crippen LogP contribution is 2.30. The van der Waals surface area contributed by atoms with Gasteiger partial charge in [-0.2, -0.15) is 0 Å². The third-order valence-electron chi connectivity index (χ3n) is 5.20. The zero-order valence-electron chi connectivity index (χ0n) is 17.7. The molecule has 5 aromatic rings. The molecule has 154 valence electrons. The molecule has 4 aromatic carbocycles. The summed E-state index contributed by atoms with van der Waals surface area (Å²) >= 11 is 0. The van der Waals surface area contributed by atoms with Gasteiger partial charge in [-0.25, -0.2) is 9.37 Å². The Bertz CT molecular complexity index is 1560. The molecule has 0 aliphatic rings. The molecule has 0 amide bonds. The molecule has 0 N–H and O–H groups in total. The van der Waals surface area contributed by atoms with Crippen molar-refractivity contribution in [2.24, 2.45) is 0 Å². The van der Waals surface area contributed by atoms with Crippen molar-refractivity contribution in [2.75, 3.05) is 0 Å². The number of hydrogen-bond donors (Lipinski definition) is 0. The van der Waals surface area contributed by atoms with Gasteiger partial charge in [0.2, 0.25) is 0 Å². The first-order valence-electron chi connectivity index (χ1n) is 10.6. The van der Waals surface area contributed by atoms with Gasteiger partial charge in [-0.05, 0) is 42.5 Å². The van der Waals surface area contributed by atoms with Crippen molar-refractivity contribution in [1.82, 2.24) is 4.98 Å². The molecule has 0 saturated carbocycles. The number of halogens is 1. The SMILES string of the molecule is Fc1cccc(-c2nc3ccccc3c(C#Cc3ccccc3)c2C#Cc2ccccc2)c1. The molecule has 0 saturated heterocycles. The molecule has 2 heteroatoms. The highest BCUT2D eigenvalue weighted by atomic mass is 19.1. The molecule has 0 bridgehead atoms. The summed E-state index contributed by atoms with van der Waals surface area (Å²) < 4.78 is 14.1. The number of aromatic nitrogens is 1. The van der Waals surface area contributed by atoms with Crippen LogP contribution in [-0.4, -0.2) is 4.98 Å². The number of fused-ring (bicyclic) bond motifs is 1. The predicted octanol–water partition coefficient (Wildman–Crippen LogP) is 6.84. The molecule has 0 spiro atoms. The molecule has 0 radical (unpaired) electrons.